The fourth-order valence-corrected chi connectivity index (χ4v) is 2.15. The van der Waals surface area contributed by atoms with Crippen molar-refractivity contribution in [3.63, 3.8) is 0 Å². The van der Waals surface area contributed by atoms with E-state index in [4.69, 9.17) is 14.6 Å². The molecule has 1 fully saturated rings. The minimum atomic E-state index is -0.931. The van der Waals surface area contributed by atoms with E-state index in [1.807, 2.05) is 0 Å². The highest BCUT2D eigenvalue weighted by Crippen LogP contribution is 2.23. The van der Waals surface area contributed by atoms with E-state index in [2.05, 4.69) is 5.32 Å². The summed E-state index contributed by atoms with van der Waals surface area (Å²) in [7, 11) is 0. The normalized spacial score (nSPS) is 21.7. The maximum absolute atomic E-state index is 13.6. The molecule has 0 radical (unpaired) electrons. The summed E-state index contributed by atoms with van der Waals surface area (Å²) in [4.78, 5) is 10.8. The number of anilines is 1. The molecule has 5 nitrogen and oxygen atoms in total. The molecule has 2 unspecified atom stereocenters. The number of carbonyl (C=O) groups is 1. The SMILES string of the molecule is CCOc1ccc(NCC2CCC(C(=O)O)O2)cc1F. The number of ether oxygens (including phenoxy) is 2. The third-order valence-corrected chi connectivity index (χ3v) is 3.15. The zero-order valence-electron chi connectivity index (χ0n) is 11.3. The highest BCUT2D eigenvalue weighted by atomic mass is 19.1. The van der Waals surface area contributed by atoms with Crippen molar-refractivity contribution in [3.05, 3.63) is 24.0 Å². The molecule has 0 amide bonds. The zero-order chi connectivity index (χ0) is 14.5. The van der Waals surface area contributed by atoms with Gasteiger partial charge in [0, 0.05) is 18.3 Å². The molecule has 2 atom stereocenters. The molecule has 0 aromatic heterocycles. The number of halogens is 1. The number of hydrogen-bond donors (Lipinski definition) is 2. The van der Waals surface area contributed by atoms with Crippen molar-refractivity contribution in [2.75, 3.05) is 18.5 Å². The van der Waals surface area contributed by atoms with E-state index in [0.717, 1.165) is 0 Å². The first-order chi connectivity index (χ1) is 9.60. The van der Waals surface area contributed by atoms with Crippen LogP contribution < -0.4 is 10.1 Å². The van der Waals surface area contributed by atoms with Crippen LogP contribution in [0.15, 0.2) is 18.2 Å². The zero-order valence-corrected chi connectivity index (χ0v) is 11.3. The summed E-state index contributed by atoms with van der Waals surface area (Å²) in [6.45, 7) is 2.66. The lowest BCUT2D eigenvalue weighted by Gasteiger charge is -2.14. The van der Waals surface area contributed by atoms with E-state index in [1.54, 1.807) is 19.1 Å². The minimum Gasteiger partial charge on any atom is -0.491 e. The van der Waals surface area contributed by atoms with Crippen molar-refractivity contribution in [1.29, 1.82) is 0 Å². The molecule has 1 aromatic rings. The van der Waals surface area contributed by atoms with E-state index in [9.17, 15) is 9.18 Å². The number of hydrogen-bond acceptors (Lipinski definition) is 4. The van der Waals surface area contributed by atoms with Gasteiger partial charge in [0.15, 0.2) is 17.7 Å². The van der Waals surface area contributed by atoms with Crippen LogP contribution in [0.2, 0.25) is 0 Å². The Bertz CT molecular complexity index is 480. The Balaban J connectivity index is 1.85. The fourth-order valence-electron chi connectivity index (χ4n) is 2.15. The quantitative estimate of drug-likeness (QED) is 0.838. The number of nitrogens with one attached hydrogen (secondary N) is 1. The van der Waals surface area contributed by atoms with Crippen LogP contribution in [-0.4, -0.2) is 36.4 Å². The molecule has 1 aliphatic heterocycles. The molecule has 2 N–H and O–H groups in total. The number of rotatable bonds is 6. The molecule has 110 valence electrons. The van der Waals surface area contributed by atoms with E-state index < -0.39 is 17.9 Å². The van der Waals surface area contributed by atoms with Gasteiger partial charge in [-0.25, -0.2) is 9.18 Å². The number of carboxylic acids is 1. The van der Waals surface area contributed by atoms with Gasteiger partial charge in [-0.2, -0.15) is 0 Å². The van der Waals surface area contributed by atoms with Gasteiger partial charge in [-0.05, 0) is 31.9 Å². The van der Waals surface area contributed by atoms with Gasteiger partial charge in [0.25, 0.3) is 0 Å². The van der Waals surface area contributed by atoms with Crippen LogP contribution in [-0.2, 0) is 9.53 Å². The average molecular weight is 283 g/mol. The molecular weight excluding hydrogens is 265 g/mol. The Labute approximate surface area is 116 Å². The Morgan fingerprint density at radius 2 is 2.35 bits per heavy atom. The molecule has 2 rings (SSSR count). The molecule has 0 spiro atoms. The molecule has 1 aliphatic rings. The standard InChI is InChI=1S/C14H18FNO4/c1-2-19-12-5-3-9(7-11(12)15)16-8-10-4-6-13(20-10)14(17)18/h3,5,7,10,13,16H,2,4,6,8H2,1H3,(H,17,18). The van der Waals surface area contributed by atoms with E-state index in [-0.39, 0.29) is 11.9 Å². The van der Waals surface area contributed by atoms with Crippen molar-refractivity contribution in [2.24, 2.45) is 0 Å². The van der Waals surface area contributed by atoms with Crippen LogP contribution >= 0.6 is 0 Å². The molecule has 1 saturated heterocycles. The Hall–Kier alpha value is -1.82. The van der Waals surface area contributed by atoms with Gasteiger partial charge in [-0.3, -0.25) is 0 Å². The van der Waals surface area contributed by atoms with Crippen molar-refractivity contribution in [3.8, 4) is 5.75 Å². The van der Waals surface area contributed by atoms with Gasteiger partial charge < -0.3 is 19.9 Å². The second-order valence-electron chi connectivity index (χ2n) is 4.62. The maximum atomic E-state index is 13.6. The second kappa shape index (κ2) is 6.56. The lowest BCUT2D eigenvalue weighted by Crippen LogP contribution is -2.24. The first-order valence-electron chi connectivity index (χ1n) is 6.64. The smallest absolute Gasteiger partial charge is 0.332 e. The molecule has 20 heavy (non-hydrogen) atoms. The van der Waals surface area contributed by atoms with Crippen LogP contribution in [0.4, 0.5) is 10.1 Å². The summed E-state index contributed by atoms with van der Waals surface area (Å²) in [6.07, 6.45) is 0.313. The number of aliphatic carboxylic acids is 1. The van der Waals surface area contributed by atoms with Gasteiger partial charge >= 0.3 is 5.97 Å². The lowest BCUT2D eigenvalue weighted by molar-refractivity contribution is -0.149. The second-order valence-corrected chi connectivity index (χ2v) is 4.62. The predicted octanol–water partition coefficient (Wildman–Crippen LogP) is 2.27. The monoisotopic (exact) mass is 283 g/mol. The van der Waals surface area contributed by atoms with Gasteiger partial charge in [0.1, 0.15) is 0 Å². The Kier molecular flexibility index (Phi) is 4.79. The highest BCUT2D eigenvalue weighted by Gasteiger charge is 2.30. The first-order valence-corrected chi connectivity index (χ1v) is 6.64. The van der Waals surface area contributed by atoms with Gasteiger partial charge in [0.05, 0.1) is 12.7 Å². The summed E-state index contributed by atoms with van der Waals surface area (Å²) in [5.74, 6) is -1.13. The molecule has 0 saturated carbocycles. The third-order valence-electron chi connectivity index (χ3n) is 3.15. The largest absolute Gasteiger partial charge is 0.491 e. The molecule has 1 aromatic carbocycles. The van der Waals surface area contributed by atoms with Crippen LogP contribution in [0.3, 0.4) is 0 Å². The van der Waals surface area contributed by atoms with Crippen LogP contribution in [0.1, 0.15) is 19.8 Å². The molecule has 6 heteroatoms. The summed E-state index contributed by atoms with van der Waals surface area (Å²) in [5, 5.41) is 11.9. The van der Waals surface area contributed by atoms with Crippen molar-refractivity contribution in [2.45, 2.75) is 32.0 Å². The van der Waals surface area contributed by atoms with Crippen LogP contribution in [0.25, 0.3) is 0 Å². The fraction of sp³-hybridized carbons (Fsp3) is 0.500. The summed E-state index contributed by atoms with van der Waals surface area (Å²) in [6, 6.07) is 4.64. The number of benzene rings is 1. The van der Waals surface area contributed by atoms with Crippen molar-refractivity contribution in [1.82, 2.24) is 0 Å². The van der Waals surface area contributed by atoms with Crippen molar-refractivity contribution >= 4 is 11.7 Å². The third kappa shape index (κ3) is 3.60. The average Bonchev–Trinajstić information content (AvgIpc) is 2.88. The van der Waals surface area contributed by atoms with Crippen LogP contribution in [0.5, 0.6) is 5.75 Å². The molecule has 1 heterocycles. The Morgan fingerprint density at radius 3 is 2.95 bits per heavy atom. The summed E-state index contributed by atoms with van der Waals surface area (Å²) >= 11 is 0. The van der Waals surface area contributed by atoms with Crippen LogP contribution in [0, 0.1) is 5.82 Å². The van der Waals surface area contributed by atoms with Gasteiger partial charge in [-0.1, -0.05) is 0 Å². The Morgan fingerprint density at radius 1 is 1.55 bits per heavy atom. The summed E-state index contributed by atoms with van der Waals surface area (Å²) < 4.78 is 24.1. The predicted molar refractivity (Wildman–Crippen MR) is 71.6 cm³/mol. The van der Waals surface area contributed by atoms with E-state index >= 15 is 0 Å². The number of carboxylic acid groups (broad SMARTS) is 1. The topological polar surface area (TPSA) is 67.8 Å². The summed E-state index contributed by atoms with van der Waals surface area (Å²) in [5.41, 5.74) is 0.619. The highest BCUT2D eigenvalue weighted by molar-refractivity contribution is 5.72. The van der Waals surface area contributed by atoms with Crippen molar-refractivity contribution < 1.29 is 23.8 Å². The first kappa shape index (κ1) is 14.6. The van der Waals surface area contributed by atoms with Gasteiger partial charge in [0.2, 0.25) is 0 Å². The molecule has 0 aliphatic carbocycles. The molecular formula is C14H18FNO4. The maximum Gasteiger partial charge on any atom is 0.332 e. The van der Waals surface area contributed by atoms with E-state index in [1.165, 1.54) is 6.07 Å². The molecule has 0 bridgehead atoms. The van der Waals surface area contributed by atoms with Gasteiger partial charge in [-0.15, -0.1) is 0 Å². The lowest BCUT2D eigenvalue weighted by atomic mass is 10.2. The van der Waals surface area contributed by atoms with E-state index in [0.29, 0.717) is 31.7 Å². The minimum absolute atomic E-state index is 0.161.